The van der Waals surface area contributed by atoms with Crippen LogP contribution in [0.5, 0.6) is 0 Å². The number of cyclic esters (lactones) is 1. The maximum Gasteiger partial charge on any atom is 0.339 e. The SMILES string of the molecule is CC(C=CC[C@H](C)C=C1C=C(C)C(=O)O1)=CCCc1cocc1Cc1ccoc1. The van der Waals surface area contributed by atoms with Crippen molar-refractivity contribution < 1.29 is 18.4 Å². The number of hydrogen-bond acceptors (Lipinski definition) is 4. The van der Waals surface area contributed by atoms with E-state index in [0.717, 1.165) is 31.2 Å². The molecular weight excluding hydrogens is 364 g/mol. The Balaban J connectivity index is 1.44. The van der Waals surface area contributed by atoms with Gasteiger partial charge in [-0.3, -0.25) is 0 Å². The van der Waals surface area contributed by atoms with Crippen LogP contribution in [0.15, 0.2) is 87.2 Å². The molecule has 1 aliphatic rings. The number of furan rings is 2. The third-order valence-electron chi connectivity index (χ3n) is 4.92. The zero-order chi connectivity index (χ0) is 20.6. The summed E-state index contributed by atoms with van der Waals surface area (Å²) < 4.78 is 15.7. The van der Waals surface area contributed by atoms with Crippen LogP contribution < -0.4 is 0 Å². The summed E-state index contributed by atoms with van der Waals surface area (Å²) in [7, 11) is 0. The third-order valence-corrected chi connectivity index (χ3v) is 4.92. The summed E-state index contributed by atoms with van der Waals surface area (Å²) in [6.45, 7) is 6.00. The highest BCUT2D eigenvalue weighted by Crippen LogP contribution is 2.20. The molecular formula is C25H28O4. The number of esters is 1. The van der Waals surface area contributed by atoms with Crippen molar-refractivity contribution in [2.45, 2.75) is 46.5 Å². The smallest absolute Gasteiger partial charge is 0.339 e. The van der Waals surface area contributed by atoms with Gasteiger partial charge in [0, 0.05) is 12.0 Å². The first-order chi connectivity index (χ1) is 14.0. The van der Waals surface area contributed by atoms with Crippen LogP contribution in [0.4, 0.5) is 0 Å². The molecule has 1 atom stereocenters. The van der Waals surface area contributed by atoms with Gasteiger partial charge in [0.25, 0.3) is 0 Å². The summed E-state index contributed by atoms with van der Waals surface area (Å²) in [6, 6.07) is 1.98. The van der Waals surface area contributed by atoms with Gasteiger partial charge < -0.3 is 13.6 Å². The van der Waals surface area contributed by atoms with Crippen LogP contribution in [0.2, 0.25) is 0 Å². The lowest BCUT2D eigenvalue weighted by Gasteiger charge is -2.03. The number of aryl methyl sites for hydroxylation is 1. The van der Waals surface area contributed by atoms with Crippen LogP contribution in [-0.2, 0) is 22.4 Å². The van der Waals surface area contributed by atoms with Crippen molar-refractivity contribution in [1.82, 2.24) is 0 Å². The van der Waals surface area contributed by atoms with Crippen molar-refractivity contribution in [3.05, 3.63) is 95.1 Å². The molecule has 152 valence electrons. The van der Waals surface area contributed by atoms with Crippen LogP contribution >= 0.6 is 0 Å². The molecule has 4 heteroatoms. The first kappa shape index (κ1) is 20.7. The van der Waals surface area contributed by atoms with E-state index in [2.05, 4.69) is 32.1 Å². The van der Waals surface area contributed by atoms with Gasteiger partial charge >= 0.3 is 5.97 Å². The predicted molar refractivity (Wildman–Crippen MR) is 113 cm³/mol. The Morgan fingerprint density at radius 1 is 1.17 bits per heavy atom. The Kier molecular flexibility index (Phi) is 7.12. The highest BCUT2D eigenvalue weighted by molar-refractivity contribution is 5.92. The number of carbonyl (C=O) groups excluding carboxylic acids is 1. The van der Waals surface area contributed by atoms with Crippen molar-refractivity contribution in [1.29, 1.82) is 0 Å². The summed E-state index contributed by atoms with van der Waals surface area (Å²) in [5.41, 5.74) is 5.51. The Morgan fingerprint density at radius 2 is 2.00 bits per heavy atom. The number of rotatable bonds is 9. The van der Waals surface area contributed by atoms with Gasteiger partial charge in [0.15, 0.2) is 0 Å². The molecule has 0 saturated carbocycles. The monoisotopic (exact) mass is 392 g/mol. The topological polar surface area (TPSA) is 52.6 Å². The number of allylic oxidation sites excluding steroid dienone is 6. The minimum absolute atomic E-state index is 0.247. The number of hydrogen-bond donors (Lipinski definition) is 0. The van der Waals surface area contributed by atoms with E-state index >= 15 is 0 Å². The van der Waals surface area contributed by atoms with Gasteiger partial charge in [-0.05, 0) is 73.9 Å². The largest absolute Gasteiger partial charge is 0.472 e. The molecule has 29 heavy (non-hydrogen) atoms. The Bertz CT molecular complexity index is 935. The molecule has 0 fully saturated rings. The molecule has 0 aromatic carbocycles. The molecule has 0 saturated heterocycles. The Morgan fingerprint density at radius 3 is 2.72 bits per heavy atom. The second-order valence-electron chi connectivity index (χ2n) is 7.62. The second-order valence-corrected chi connectivity index (χ2v) is 7.62. The van der Waals surface area contributed by atoms with Gasteiger partial charge in [-0.1, -0.05) is 30.7 Å². The summed E-state index contributed by atoms with van der Waals surface area (Å²) >= 11 is 0. The second kappa shape index (κ2) is 9.97. The van der Waals surface area contributed by atoms with Crippen LogP contribution in [-0.4, -0.2) is 5.97 Å². The Hall–Kier alpha value is -3.01. The standard InChI is InChI=1S/C25H28O4/c1-18(6-4-8-19(2)12-24-13-20(3)25(26)29-24)7-5-9-22-16-28-17-23(22)14-21-10-11-27-15-21/h4,6-7,10-13,15-17,19H,5,8-9,14H2,1-3H3/t19-/m0/s1. The number of ether oxygens (including phenoxy) is 1. The molecule has 0 bridgehead atoms. The van der Waals surface area contributed by atoms with E-state index in [4.69, 9.17) is 13.6 Å². The lowest BCUT2D eigenvalue weighted by molar-refractivity contribution is -0.133. The van der Waals surface area contributed by atoms with Gasteiger partial charge in [-0.2, -0.15) is 0 Å². The van der Waals surface area contributed by atoms with Gasteiger partial charge in [0.2, 0.25) is 0 Å². The van der Waals surface area contributed by atoms with Gasteiger partial charge in [0.05, 0.1) is 25.1 Å². The molecule has 3 rings (SSSR count). The van der Waals surface area contributed by atoms with Crippen molar-refractivity contribution >= 4 is 5.97 Å². The predicted octanol–water partition coefficient (Wildman–Crippen LogP) is 6.31. The summed E-state index contributed by atoms with van der Waals surface area (Å²) in [5, 5.41) is 0. The van der Waals surface area contributed by atoms with Crippen molar-refractivity contribution in [3.63, 3.8) is 0 Å². The quantitative estimate of drug-likeness (QED) is 0.370. The molecule has 2 aromatic heterocycles. The van der Waals surface area contributed by atoms with Gasteiger partial charge in [-0.25, -0.2) is 4.79 Å². The molecule has 0 aliphatic carbocycles. The lowest BCUT2D eigenvalue weighted by atomic mass is 10.0. The fourth-order valence-corrected chi connectivity index (χ4v) is 3.25. The molecule has 0 unspecified atom stereocenters. The summed E-state index contributed by atoms with van der Waals surface area (Å²) in [6.07, 6.45) is 21.2. The van der Waals surface area contributed by atoms with Gasteiger partial charge in [0.1, 0.15) is 5.76 Å². The molecule has 2 aromatic rings. The molecule has 0 spiro atoms. The van der Waals surface area contributed by atoms with E-state index in [1.54, 1.807) is 25.5 Å². The molecule has 0 radical (unpaired) electrons. The maximum atomic E-state index is 11.4. The van der Waals surface area contributed by atoms with Gasteiger partial charge in [-0.15, -0.1) is 0 Å². The minimum Gasteiger partial charge on any atom is -0.472 e. The summed E-state index contributed by atoms with van der Waals surface area (Å²) in [4.78, 5) is 11.4. The molecule has 0 amide bonds. The average Bonchev–Trinajstić information content (AvgIpc) is 3.40. The zero-order valence-corrected chi connectivity index (χ0v) is 17.3. The van der Waals surface area contributed by atoms with Crippen LogP contribution in [0.3, 0.4) is 0 Å². The summed E-state index contributed by atoms with van der Waals surface area (Å²) in [5.74, 6) is 0.718. The molecule has 4 nitrogen and oxygen atoms in total. The van der Waals surface area contributed by atoms with Crippen LogP contribution in [0, 0.1) is 5.92 Å². The minimum atomic E-state index is -0.247. The van der Waals surface area contributed by atoms with E-state index < -0.39 is 0 Å². The van der Waals surface area contributed by atoms with E-state index in [1.807, 2.05) is 24.7 Å². The molecule has 1 aliphatic heterocycles. The first-order valence-electron chi connectivity index (χ1n) is 10.0. The first-order valence-corrected chi connectivity index (χ1v) is 10.0. The van der Waals surface area contributed by atoms with Crippen LogP contribution in [0.1, 0.15) is 50.3 Å². The van der Waals surface area contributed by atoms with E-state index in [0.29, 0.717) is 17.3 Å². The fourth-order valence-electron chi connectivity index (χ4n) is 3.25. The van der Waals surface area contributed by atoms with E-state index in [-0.39, 0.29) is 5.97 Å². The zero-order valence-electron chi connectivity index (χ0n) is 17.3. The number of carbonyl (C=O) groups is 1. The maximum absolute atomic E-state index is 11.4. The third kappa shape index (κ3) is 6.24. The molecule has 3 heterocycles. The van der Waals surface area contributed by atoms with E-state index in [1.165, 1.54) is 16.7 Å². The van der Waals surface area contributed by atoms with E-state index in [9.17, 15) is 4.79 Å². The lowest BCUT2D eigenvalue weighted by Crippen LogP contribution is -1.96. The average molecular weight is 392 g/mol. The van der Waals surface area contributed by atoms with Crippen molar-refractivity contribution in [2.75, 3.05) is 0 Å². The highest BCUT2D eigenvalue weighted by atomic mass is 16.5. The highest BCUT2D eigenvalue weighted by Gasteiger charge is 2.17. The van der Waals surface area contributed by atoms with Crippen molar-refractivity contribution in [3.8, 4) is 0 Å². The fraction of sp³-hybridized carbons (Fsp3) is 0.320. The Labute approximate surface area is 172 Å². The normalized spacial score (nSPS) is 17.2. The van der Waals surface area contributed by atoms with Crippen LogP contribution in [0.25, 0.3) is 0 Å². The van der Waals surface area contributed by atoms with Crippen molar-refractivity contribution in [2.24, 2.45) is 5.92 Å². The molecule has 0 N–H and O–H groups in total.